The van der Waals surface area contributed by atoms with Gasteiger partial charge in [0.05, 0.1) is 0 Å². The van der Waals surface area contributed by atoms with E-state index in [1.165, 1.54) is 102 Å². The number of ether oxygens (including phenoxy) is 1. The molecule has 2 heteroatoms. The highest BCUT2D eigenvalue weighted by molar-refractivity contribution is 5.56. The molecule has 1 N–H and O–H groups in total. The Kier molecular flexibility index (Phi) is 19.5. The van der Waals surface area contributed by atoms with Crippen molar-refractivity contribution in [2.45, 2.75) is 262 Å². The molecular weight excluding hydrogens is 753 g/mol. The van der Waals surface area contributed by atoms with Crippen LogP contribution in [-0.2, 0) is 19.3 Å². The van der Waals surface area contributed by atoms with E-state index in [1.807, 2.05) is 0 Å². The van der Waals surface area contributed by atoms with Gasteiger partial charge in [-0.15, -0.1) is 0 Å². The van der Waals surface area contributed by atoms with E-state index in [9.17, 15) is 5.11 Å². The van der Waals surface area contributed by atoms with Crippen LogP contribution >= 0.6 is 0 Å². The van der Waals surface area contributed by atoms with E-state index in [0.717, 1.165) is 66.9 Å². The zero-order chi connectivity index (χ0) is 48.1. The van der Waals surface area contributed by atoms with Crippen molar-refractivity contribution in [3.63, 3.8) is 0 Å². The number of phenolic OH excluding ortho intramolecular Hbond substituents is 1. The molecule has 0 fully saturated rings. The van der Waals surface area contributed by atoms with Crippen LogP contribution in [0.3, 0.4) is 0 Å². The van der Waals surface area contributed by atoms with E-state index in [0.29, 0.717) is 32.8 Å². The number of fused-ring (bicyclic) bond motifs is 2. The van der Waals surface area contributed by atoms with Crippen LogP contribution < -0.4 is 4.74 Å². The average molecular weight is 860 g/mol. The molecule has 0 saturated heterocycles. The Bertz CT molecular complexity index is 1760. The van der Waals surface area contributed by atoms with E-state index in [4.69, 9.17) is 4.74 Å². The highest BCUT2D eigenvalue weighted by Crippen LogP contribution is 2.51. The Hall–Kier alpha value is -1.96. The van der Waals surface area contributed by atoms with Crippen LogP contribution in [0, 0.1) is 99.2 Å². The first-order chi connectivity index (χ1) is 28.0. The summed E-state index contributed by atoms with van der Waals surface area (Å²) in [6, 6.07) is 0. The van der Waals surface area contributed by atoms with Gasteiger partial charge in [-0.1, -0.05) is 137 Å². The molecule has 2 aliphatic rings. The normalized spacial score (nSPS) is 19.9. The molecule has 62 heavy (non-hydrogen) atoms. The van der Waals surface area contributed by atoms with Crippen molar-refractivity contribution >= 4 is 0 Å². The smallest absolute Gasteiger partial charge is 0.126 e. The van der Waals surface area contributed by atoms with Crippen LogP contribution in [0.2, 0.25) is 0 Å². The van der Waals surface area contributed by atoms with Gasteiger partial charge in [-0.2, -0.15) is 0 Å². The fourth-order valence-corrected chi connectivity index (χ4v) is 10.9. The molecule has 0 aromatic heterocycles. The molecule has 2 aromatic carbocycles. The molecular formula is C60H106O2. The molecule has 0 amide bonds. The van der Waals surface area contributed by atoms with Crippen LogP contribution in [-0.4, -0.2) is 10.7 Å². The van der Waals surface area contributed by atoms with Gasteiger partial charge >= 0.3 is 0 Å². The van der Waals surface area contributed by atoms with Gasteiger partial charge in [0.25, 0.3) is 0 Å². The van der Waals surface area contributed by atoms with E-state index < -0.39 is 0 Å². The van der Waals surface area contributed by atoms with Crippen LogP contribution in [0.4, 0.5) is 0 Å². The molecule has 1 aliphatic heterocycles. The van der Waals surface area contributed by atoms with Gasteiger partial charge in [0, 0.05) is 0 Å². The van der Waals surface area contributed by atoms with Gasteiger partial charge in [-0.3, -0.25) is 0 Å². The fourth-order valence-electron chi connectivity index (χ4n) is 10.9. The van der Waals surface area contributed by atoms with E-state index in [2.05, 4.69) is 173 Å². The van der Waals surface area contributed by atoms with Crippen molar-refractivity contribution in [1.82, 2.24) is 0 Å². The maximum atomic E-state index is 10.5. The molecule has 0 radical (unpaired) electrons. The van der Waals surface area contributed by atoms with Crippen molar-refractivity contribution in [3.8, 4) is 11.5 Å². The molecule has 3 unspecified atom stereocenters. The molecule has 4 rings (SSSR count). The third-order valence-electron chi connectivity index (χ3n) is 17.3. The van der Waals surface area contributed by atoms with Gasteiger partial charge in [-0.25, -0.2) is 0 Å². The Morgan fingerprint density at radius 3 is 1.55 bits per heavy atom. The molecule has 358 valence electrons. The monoisotopic (exact) mass is 859 g/mol. The van der Waals surface area contributed by atoms with E-state index in [-0.39, 0.29) is 5.60 Å². The third kappa shape index (κ3) is 15.0. The maximum Gasteiger partial charge on any atom is 0.126 e. The molecule has 1 heterocycles. The van der Waals surface area contributed by atoms with Crippen molar-refractivity contribution in [2.24, 2.45) is 50.7 Å². The standard InChI is InChI=1S/C29H50O.C20H32O.C11H24/c1-19(2)12-14-28(9,10)20(3)16-27(7,8)18-29(11)15-13-24-23(6)26(30)22(5)21(4)25(24)17-29;1-9-19(6,7)12-20(8)11-10-17-15(4)13(2)14(3)16(5)18(17)21-20;1-9(2)7-8-11(5,6)10(3)4/h19-20,30H,12-18H2,1-11H3;9-12H2,1-8H3;9-10H,7-8H2,1-6H3. The topological polar surface area (TPSA) is 29.5 Å². The summed E-state index contributed by atoms with van der Waals surface area (Å²) in [5.74, 6) is 4.88. The minimum atomic E-state index is -0.0224. The number of hydrogen-bond acceptors (Lipinski definition) is 2. The summed E-state index contributed by atoms with van der Waals surface area (Å²) in [4.78, 5) is 0. The van der Waals surface area contributed by atoms with Crippen LogP contribution in [0.5, 0.6) is 11.5 Å². The van der Waals surface area contributed by atoms with Crippen molar-refractivity contribution in [3.05, 3.63) is 55.6 Å². The summed E-state index contributed by atoms with van der Waals surface area (Å²) in [5.41, 5.74) is 15.5. The number of hydrogen-bond donors (Lipinski definition) is 1. The molecule has 3 atom stereocenters. The van der Waals surface area contributed by atoms with Gasteiger partial charge in [0.15, 0.2) is 0 Å². The largest absolute Gasteiger partial charge is 0.507 e. The molecule has 2 nitrogen and oxygen atoms in total. The van der Waals surface area contributed by atoms with Gasteiger partial charge in [-0.05, 0) is 226 Å². The lowest BCUT2D eigenvalue weighted by Gasteiger charge is -2.45. The second kappa shape index (κ2) is 21.6. The predicted molar refractivity (Wildman–Crippen MR) is 277 cm³/mol. The van der Waals surface area contributed by atoms with Crippen LogP contribution in [0.15, 0.2) is 0 Å². The summed E-state index contributed by atoms with van der Waals surface area (Å²) in [7, 11) is 0. The first kappa shape index (κ1) is 56.2. The van der Waals surface area contributed by atoms with Gasteiger partial charge in [0.2, 0.25) is 0 Å². The van der Waals surface area contributed by atoms with E-state index >= 15 is 0 Å². The molecule has 0 spiro atoms. The summed E-state index contributed by atoms with van der Waals surface area (Å²) >= 11 is 0. The maximum absolute atomic E-state index is 10.5. The zero-order valence-corrected chi connectivity index (χ0v) is 46.4. The Labute approximate surface area is 388 Å². The van der Waals surface area contributed by atoms with Crippen molar-refractivity contribution in [1.29, 1.82) is 0 Å². The highest BCUT2D eigenvalue weighted by Gasteiger charge is 2.40. The number of benzene rings is 2. The molecule has 2 aromatic rings. The SMILES string of the molecule is CC(C)CCC(C)(C)C(C)C.CCC(C)(C)CC1(C)CCc2c(C)c(C)c(C)c(C)c2O1.Cc1c(C)c2c(c(C)c1O)CCC(C)(CC(C)(C)CC(C)C(C)(C)CCC(C)C)C2. The van der Waals surface area contributed by atoms with Crippen LogP contribution in [0.1, 0.15) is 244 Å². The van der Waals surface area contributed by atoms with E-state index in [1.54, 1.807) is 0 Å². The highest BCUT2D eigenvalue weighted by atomic mass is 16.5. The quantitative estimate of drug-likeness (QED) is 0.193. The lowest BCUT2D eigenvalue weighted by atomic mass is 9.60. The first-order valence-electron chi connectivity index (χ1n) is 25.6. The Morgan fingerprint density at radius 2 is 1.05 bits per heavy atom. The van der Waals surface area contributed by atoms with Crippen molar-refractivity contribution < 1.29 is 9.84 Å². The number of rotatable bonds is 15. The summed E-state index contributed by atoms with van der Waals surface area (Å²) in [6.07, 6.45) is 16.1. The van der Waals surface area contributed by atoms with Crippen LogP contribution in [0.25, 0.3) is 0 Å². The van der Waals surface area contributed by atoms with Gasteiger partial charge in [0.1, 0.15) is 17.1 Å². The van der Waals surface area contributed by atoms with Gasteiger partial charge < -0.3 is 9.84 Å². The summed E-state index contributed by atoms with van der Waals surface area (Å²) < 4.78 is 6.60. The van der Waals surface area contributed by atoms with Crippen molar-refractivity contribution in [2.75, 3.05) is 0 Å². The average Bonchev–Trinajstić information content (AvgIpc) is 3.15. The third-order valence-corrected chi connectivity index (χ3v) is 17.3. The Morgan fingerprint density at radius 1 is 0.565 bits per heavy atom. The minimum absolute atomic E-state index is 0.0224. The minimum Gasteiger partial charge on any atom is -0.507 e. The zero-order valence-electron chi connectivity index (χ0n) is 46.4. The Balaban J connectivity index is 0.000000357. The lowest BCUT2D eigenvalue weighted by Crippen LogP contribution is -2.41. The molecule has 0 saturated carbocycles. The number of aromatic hydroxyl groups is 1. The fraction of sp³-hybridized carbons (Fsp3) is 0.800. The summed E-state index contributed by atoms with van der Waals surface area (Å²) in [6.45, 7) is 58.3. The molecule has 0 bridgehead atoms. The second-order valence-electron chi connectivity index (χ2n) is 26.2. The first-order valence-corrected chi connectivity index (χ1v) is 25.6. The number of phenols is 1. The summed E-state index contributed by atoms with van der Waals surface area (Å²) in [5, 5.41) is 10.5. The molecule has 1 aliphatic carbocycles. The second-order valence-corrected chi connectivity index (χ2v) is 26.2. The lowest BCUT2D eigenvalue weighted by molar-refractivity contribution is 0.0185. The predicted octanol–water partition coefficient (Wildman–Crippen LogP) is 18.7.